The molecule has 0 aliphatic carbocycles. The highest BCUT2D eigenvalue weighted by molar-refractivity contribution is 9.09. The Morgan fingerprint density at radius 2 is 2.22 bits per heavy atom. The fourth-order valence-electron chi connectivity index (χ4n) is 0.214. The monoisotopic (exact) mass is 214 g/mol. The minimum atomic E-state index is -3.93. The van der Waals surface area contributed by atoms with Gasteiger partial charge in [-0.3, -0.25) is 4.55 Å². The van der Waals surface area contributed by atoms with Gasteiger partial charge < -0.3 is 0 Å². The number of allylic oxidation sites excluding steroid dienone is 2. The Morgan fingerprint density at radius 1 is 1.78 bits per heavy atom. The number of hydrogen-bond donors (Lipinski definition) is 1. The molecular formula is C4H7BrO3S. The molecule has 0 saturated heterocycles. The van der Waals surface area contributed by atoms with Crippen molar-refractivity contribution in [2.75, 3.05) is 5.33 Å². The molecule has 3 nitrogen and oxygen atoms in total. The van der Waals surface area contributed by atoms with Gasteiger partial charge in [-0.05, 0) is 6.92 Å². The van der Waals surface area contributed by atoms with Gasteiger partial charge >= 0.3 is 0 Å². The Hall–Kier alpha value is 0.130. The van der Waals surface area contributed by atoms with E-state index in [0.29, 0.717) is 5.33 Å². The van der Waals surface area contributed by atoms with E-state index in [4.69, 9.17) is 4.55 Å². The lowest BCUT2D eigenvalue weighted by Crippen LogP contribution is -1.97. The Bertz CT molecular complexity index is 204. The van der Waals surface area contributed by atoms with Crippen molar-refractivity contribution in [3.8, 4) is 0 Å². The Kier molecular flexibility index (Phi) is 3.38. The first-order valence-corrected chi connectivity index (χ1v) is 4.75. The summed E-state index contributed by atoms with van der Waals surface area (Å²) in [7, 11) is -3.93. The van der Waals surface area contributed by atoms with E-state index in [9.17, 15) is 8.42 Å². The van der Waals surface area contributed by atoms with Crippen LogP contribution in [-0.2, 0) is 10.1 Å². The average Bonchev–Trinajstić information content (AvgIpc) is 1.64. The summed E-state index contributed by atoms with van der Waals surface area (Å²) in [6, 6.07) is 0. The highest BCUT2D eigenvalue weighted by Gasteiger charge is 2.04. The van der Waals surface area contributed by atoms with E-state index < -0.39 is 10.1 Å². The second-order valence-electron chi connectivity index (χ2n) is 1.44. The molecule has 0 rings (SSSR count). The molecule has 0 amide bonds. The number of alkyl halides is 1. The second kappa shape index (κ2) is 3.34. The molecule has 0 aliphatic rings. The molecule has 0 bridgehead atoms. The molecule has 0 aromatic rings. The molecule has 0 aromatic heterocycles. The summed E-state index contributed by atoms with van der Waals surface area (Å²) in [6.07, 6.45) is 1.37. The maximum Gasteiger partial charge on any atom is 0.290 e. The van der Waals surface area contributed by atoms with Crippen LogP contribution in [0, 0.1) is 0 Å². The van der Waals surface area contributed by atoms with Crippen molar-refractivity contribution in [1.29, 1.82) is 0 Å². The molecule has 0 aliphatic heterocycles. The molecule has 0 atom stereocenters. The summed E-state index contributed by atoms with van der Waals surface area (Å²) < 4.78 is 28.7. The highest BCUT2D eigenvalue weighted by atomic mass is 79.9. The molecule has 0 saturated carbocycles. The zero-order valence-electron chi connectivity index (χ0n) is 4.83. The maximum atomic E-state index is 10.2. The SMILES string of the molecule is CC(=CCBr)S(=O)(=O)O. The van der Waals surface area contributed by atoms with E-state index in [1.165, 1.54) is 13.0 Å². The van der Waals surface area contributed by atoms with Gasteiger partial charge in [0.25, 0.3) is 10.1 Å². The largest absolute Gasteiger partial charge is 0.290 e. The van der Waals surface area contributed by atoms with Crippen LogP contribution in [0.3, 0.4) is 0 Å². The highest BCUT2D eigenvalue weighted by Crippen LogP contribution is 2.01. The molecule has 0 fully saturated rings. The summed E-state index contributed by atoms with van der Waals surface area (Å²) in [6.45, 7) is 1.33. The predicted molar refractivity (Wildman–Crippen MR) is 39.1 cm³/mol. The first kappa shape index (κ1) is 9.13. The molecule has 0 unspecified atom stereocenters. The second-order valence-corrected chi connectivity index (χ2v) is 3.69. The topological polar surface area (TPSA) is 54.4 Å². The lowest BCUT2D eigenvalue weighted by Gasteiger charge is -1.91. The van der Waals surface area contributed by atoms with Crippen LogP contribution in [0.15, 0.2) is 11.0 Å². The summed E-state index contributed by atoms with van der Waals surface area (Å²) in [5.41, 5.74) is 0. The summed E-state index contributed by atoms with van der Waals surface area (Å²) in [5.74, 6) is 0. The van der Waals surface area contributed by atoms with Crippen LogP contribution in [0.1, 0.15) is 6.92 Å². The first-order valence-electron chi connectivity index (χ1n) is 2.18. The lowest BCUT2D eigenvalue weighted by molar-refractivity contribution is 0.491. The molecule has 0 spiro atoms. The Morgan fingerprint density at radius 3 is 2.33 bits per heavy atom. The molecule has 9 heavy (non-hydrogen) atoms. The fraction of sp³-hybridized carbons (Fsp3) is 0.500. The van der Waals surface area contributed by atoms with Gasteiger partial charge in [0.15, 0.2) is 0 Å². The summed E-state index contributed by atoms with van der Waals surface area (Å²) in [4.78, 5) is -0.0284. The quantitative estimate of drug-likeness (QED) is 0.555. The third-order valence-electron chi connectivity index (χ3n) is 0.771. The molecular weight excluding hydrogens is 208 g/mol. The van der Waals surface area contributed by atoms with Crippen molar-refractivity contribution in [2.45, 2.75) is 6.92 Å². The van der Waals surface area contributed by atoms with Gasteiger partial charge in [0.1, 0.15) is 0 Å². The third-order valence-corrected chi connectivity index (χ3v) is 2.08. The lowest BCUT2D eigenvalue weighted by atomic mass is 10.6. The molecule has 0 aromatic carbocycles. The minimum absolute atomic E-state index is 0.0284. The first-order chi connectivity index (χ1) is 3.98. The number of rotatable bonds is 2. The van der Waals surface area contributed by atoms with Crippen molar-refractivity contribution in [3.05, 3.63) is 11.0 Å². The van der Waals surface area contributed by atoms with Crippen molar-refractivity contribution < 1.29 is 13.0 Å². The van der Waals surface area contributed by atoms with Gasteiger partial charge in [0, 0.05) is 5.33 Å². The van der Waals surface area contributed by atoms with Crippen molar-refractivity contribution in [2.24, 2.45) is 0 Å². The van der Waals surface area contributed by atoms with Gasteiger partial charge in [0.2, 0.25) is 0 Å². The van der Waals surface area contributed by atoms with Crippen LogP contribution in [-0.4, -0.2) is 18.3 Å². The van der Waals surface area contributed by atoms with E-state index in [1.807, 2.05) is 0 Å². The molecule has 0 radical (unpaired) electrons. The minimum Gasteiger partial charge on any atom is -0.282 e. The van der Waals surface area contributed by atoms with Crippen molar-refractivity contribution >= 4 is 26.0 Å². The van der Waals surface area contributed by atoms with E-state index in [0.717, 1.165) is 0 Å². The zero-order valence-corrected chi connectivity index (χ0v) is 7.24. The van der Waals surface area contributed by atoms with Crippen LogP contribution in [0.4, 0.5) is 0 Å². The van der Waals surface area contributed by atoms with E-state index >= 15 is 0 Å². The van der Waals surface area contributed by atoms with Gasteiger partial charge in [-0.15, -0.1) is 0 Å². The van der Waals surface area contributed by atoms with Crippen LogP contribution in [0.5, 0.6) is 0 Å². The average molecular weight is 215 g/mol. The van der Waals surface area contributed by atoms with Crippen LogP contribution in [0.2, 0.25) is 0 Å². The summed E-state index contributed by atoms with van der Waals surface area (Å²) in [5, 5.41) is 0.429. The fourth-order valence-corrected chi connectivity index (χ4v) is 1.21. The Balaban J connectivity index is 4.41. The van der Waals surface area contributed by atoms with E-state index in [1.54, 1.807) is 0 Å². The standard InChI is InChI=1S/C4H7BrO3S/c1-4(2-3-5)9(6,7)8/h2H,3H2,1H3,(H,6,7,8). The third kappa shape index (κ3) is 3.66. The smallest absolute Gasteiger partial charge is 0.282 e. The van der Waals surface area contributed by atoms with Crippen LogP contribution >= 0.6 is 15.9 Å². The number of hydrogen-bond acceptors (Lipinski definition) is 2. The maximum absolute atomic E-state index is 10.2. The predicted octanol–water partition coefficient (Wildman–Crippen LogP) is 1.17. The number of halogens is 1. The van der Waals surface area contributed by atoms with Gasteiger partial charge in [-0.25, -0.2) is 0 Å². The van der Waals surface area contributed by atoms with Crippen molar-refractivity contribution in [3.63, 3.8) is 0 Å². The zero-order chi connectivity index (χ0) is 7.49. The van der Waals surface area contributed by atoms with Crippen LogP contribution < -0.4 is 0 Å². The molecule has 1 N–H and O–H groups in total. The Labute approximate surface area is 62.6 Å². The molecule has 5 heteroatoms. The molecule has 0 heterocycles. The normalized spacial score (nSPS) is 13.9. The van der Waals surface area contributed by atoms with Gasteiger partial charge in [0.05, 0.1) is 4.91 Å². The molecule has 54 valence electrons. The summed E-state index contributed by atoms with van der Waals surface area (Å²) >= 11 is 2.99. The van der Waals surface area contributed by atoms with E-state index in [2.05, 4.69) is 15.9 Å². The van der Waals surface area contributed by atoms with Gasteiger partial charge in [-0.2, -0.15) is 8.42 Å². The van der Waals surface area contributed by atoms with E-state index in [-0.39, 0.29) is 4.91 Å². The van der Waals surface area contributed by atoms with Crippen molar-refractivity contribution in [1.82, 2.24) is 0 Å². The van der Waals surface area contributed by atoms with Crippen LogP contribution in [0.25, 0.3) is 0 Å². The van der Waals surface area contributed by atoms with Gasteiger partial charge in [-0.1, -0.05) is 22.0 Å².